The van der Waals surface area contributed by atoms with Crippen LogP contribution >= 0.6 is 0 Å². The summed E-state index contributed by atoms with van der Waals surface area (Å²) in [4.78, 5) is 26.6. The molecule has 1 aromatic rings. The topological polar surface area (TPSA) is 66.8 Å². The lowest BCUT2D eigenvalue weighted by atomic mass is 9.50. The first-order valence-corrected chi connectivity index (χ1v) is 13.2. The van der Waals surface area contributed by atoms with Crippen LogP contribution in [-0.2, 0) is 4.79 Å². The molecule has 0 radical (unpaired) electrons. The van der Waals surface area contributed by atoms with E-state index in [2.05, 4.69) is 0 Å². The van der Waals surface area contributed by atoms with Crippen molar-refractivity contribution in [2.45, 2.75) is 89.6 Å². The molecule has 5 aliphatic carbocycles. The number of halogens is 1. The van der Waals surface area contributed by atoms with Crippen molar-refractivity contribution in [2.75, 3.05) is 6.61 Å². The highest BCUT2D eigenvalue weighted by Crippen LogP contribution is 2.60. The van der Waals surface area contributed by atoms with Gasteiger partial charge >= 0.3 is 5.97 Å². The van der Waals surface area contributed by atoms with Crippen LogP contribution in [0.1, 0.15) is 93.5 Å². The molecule has 0 unspecified atom stereocenters. The summed E-state index contributed by atoms with van der Waals surface area (Å²) in [5.74, 6) is 1.29. The van der Waals surface area contributed by atoms with Crippen molar-refractivity contribution in [1.29, 1.82) is 0 Å². The van der Waals surface area contributed by atoms with Crippen molar-refractivity contribution in [3.05, 3.63) is 29.1 Å². The molecule has 1 aliphatic heterocycles. The molecule has 0 spiro atoms. The van der Waals surface area contributed by atoms with Crippen molar-refractivity contribution in [3.63, 3.8) is 0 Å². The third kappa shape index (κ3) is 3.72. The number of carbonyl (C=O) groups is 2. The van der Waals surface area contributed by atoms with Crippen LogP contribution in [0.3, 0.4) is 0 Å². The molecule has 3 atom stereocenters. The van der Waals surface area contributed by atoms with Crippen molar-refractivity contribution in [3.8, 4) is 5.75 Å². The summed E-state index contributed by atoms with van der Waals surface area (Å²) < 4.78 is 21.8. The van der Waals surface area contributed by atoms with E-state index in [1.165, 1.54) is 49.5 Å². The van der Waals surface area contributed by atoms with E-state index in [-0.39, 0.29) is 22.9 Å². The average Bonchev–Trinajstić information content (AvgIpc) is 3.56. The molecule has 1 amide bonds. The lowest BCUT2D eigenvalue weighted by Gasteiger charge is -2.56. The number of aliphatic carboxylic acids is 1. The summed E-state index contributed by atoms with van der Waals surface area (Å²) in [6.07, 6.45) is 10.3. The Hall–Kier alpha value is -2.11. The minimum Gasteiger partial charge on any atom is -0.493 e. The Morgan fingerprint density at radius 1 is 1.06 bits per heavy atom. The van der Waals surface area contributed by atoms with Crippen molar-refractivity contribution >= 4 is 11.9 Å². The molecule has 34 heavy (non-hydrogen) atoms. The predicted octanol–water partition coefficient (Wildman–Crippen LogP) is 5.62. The van der Waals surface area contributed by atoms with Gasteiger partial charge in [0.1, 0.15) is 17.6 Å². The number of carboxylic acids is 1. The monoisotopic (exact) mass is 469 g/mol. The zero-order valence-electron chi connectivity index (χ0n) is 20.3. The second kappa shape index (κ2) is 7.96. The summed E-state index contributed by atoms with van der Waals surface area (Å²) in [6.45, 7) is 4.44. The van der Waals surface area contributed by atoms with Gasteiger partial charge in [-0.05, 0) is 106 Å². The van der Waals surface area contributed by atoms with E-state index in [1.54, 1.807) is 6.07 Å². The number of carbonyl (C=O) groups excluding carboxylic acids is 1. The predicted molar refractivity (Wildman–Crippen MR) is 125 cm³/mol. The summed E-state index contributed by atoms with van der Waals surface area (Å²) in [7, 11) is 0. The second-order valence-corrected chi connectivity index (χ2v) is 12.4. The van der Waals surface area contributed by atoms with Crippen molar-refractivity contribution < 1.29 is 23.8 Å². The van der Waals surface area contributed by atoms with Gasteiger partial charge in [-0.2, -0.15) is 0 Å². The zero-order chi connectivity index (χ0) is 23.8. The van der Waals surface area contributed by atoms with Gasteiger partial charge in [-0.3, -0.25) is 4.79 Å². The quantitative estimate of drug-likeness (QED) is 0.587. The fourth-order valence-corrected chi connectivity index (χ4v) is 8.18. The maximum atomic E-state index is 15.4. The van der Waals surface area contributed by atoms with Gasteiger partial charge in [0.25, 0.3) is 5.91 Å². The first kappa shape index (κ1) is 22.4. The number of rotatable bonds is 6. The molecule has 6 heteroatoms. The van der Waals surface area contributed by atoms with E-state index in [4.69, 9.17) is 4.74 Å². The normalized spacial score (nSPS) is 38.4. The molecule has 6 fully saturated rings. The summed E-state index contributed by atoms with van der Waals surface area (Å²) >= 11 is 0. The standard InChI is InChI=1S/C28H36FNO4/c1-15-5-24(27(32)33)30(16(15)2)26(31)22-9-21(20-3-4-20)25(10-23(22)29)34-14-28-11-17-6-18(12-28)8-19(7-17)13-28/h9-10,15-20,24H,3-8,11-14H2,1-2H3,(H,32,33)/t15-,16-,17?,18?,19?,24+,28?/m1/s1. The number of carboxylic acid groups (broad SMARTS) is 1. The number of nitrogens with zero attached hydrogens (tertiary/aromatic N) is 1. The highest BCUT2D eigenvalue weighted by molar-refractivity contribution is 5.98. The van der Waals surface area contributed by atoms with Gasteiger partial charge in [-0.15, -0.1) is 0 Å². The van der Waals surface area contributed by atoms with E-state index < -0.39 is 23.7 Å². The molecule has 1 aromatic carbocycles. The minimum absolute atomic E-state index is 0.0174. The Balaban J connectivity index is 1.26. The number of ether oxygens (including phenoxy) is 1. The van der Waals surface area contributed by atoms with Gasteiger partial charge in [0.05, 0.1) is 12.2 Å². The lowest BCUT2D eigenvalue weighted by molar-refractivity contribution is -0.141. The molecule has 6 aliphatic rings. The van der Waals surface area contributed by atoms with E-state index in [1.807, 2.05) is 13.8 Å². The summed E-state index contributed by atoms with van der Waals surface area (Å²) in [6, 6.07) is 1.91. The molecule has 184 valence electrons. The SMILES string of the molecule is C[C@@H]1C[C@@H](C(=O)O)N(C(=O)c2cc(C3CC3)c(OCC34CC5CC(CC(C5)C3)C4)cc2F)[C@@H]1C. The van der Waals surface area contributed by atoms with E-state index in [9.17, 15) is 14.7 Å². The van der Waals surface area contributed by atoms with E-state index >= 15 is 4.39 Å². The molecule has 7 rings (SSSR count). The van der Waals surface area contributed by atoms with Gasteiger partial charge < -0.3 is 14.7 Å². The molecular weight excluding hydrogens is 433 g/mol. The number of likely N-dealkylation sites (tertiary alicyclic amines) is 1. The van der Waals surface area contributed by atoms with Gasteiger partial charge in [0.15, 0.2) is 0 Å². The van der Waals surface area contributed by atoms with Crippen LogP contribution in [0.2, 0.25) is 0 Å². The van der Waals surface area contributed by atoms with E-state index in [0.29, 0.717) is 24.7 Å². The van der Waals surface area contributed by atoms with Crippen LogP contribution in [0.15, 0.2) is 12.1 Å². The Morgan fingerprint density at radius 3 is 2.24 bits per heavy atom. The first-order chi connectivity index (χ1) is 16.2. The average molecular weight is 470 g/mol. The van der Waals surface area contributed by atoms with Gasteiger partial charge in [0, 0.05) is 17.5 Å². The summed E-state index contributed by atoms with van der Waals surface area (Å²) in [5, 5.41) is 9.66. The minimum atomic E-state index is -1.03. The lowest BCUT2D eigenvalue weighted by Crippen LogP contribution is -2.48. The molecule has 0 aromatic heterocycles. The molecule has 5 saturated carbocycles. The molecule has 1 saturated heterocycles. The number of hydrogen-bond donors (Lipinski definition) is 1. The largest absolute Gasteiger partial charge is 0.493 e. The number of amides is 1. The molecular formula is C28H36FNO4. The van der Waals surface area contributed by atoms with E-state index in [0.717, 1.165) is 36.2 Å². The van der Waals surface area contributed by atoms with Crippen LogP contribution in [0, 0.1) is 34.9 Å². The van der Waals surface area contributed by atoms with Crippen LogP contribution < -0.4 is 4.74 Å². The van der Waals surface area contributed by atoms with Crippen LogP contribution in [0.5, 0.6) is 5.75 Å². The smallest absolute Gasteiger partial charge is 0.326 e. The molecule has 4 bridgehead atoms. The van der Waals surface area contributed by atoms with Crippen LogP contribution in [0.4, 0.5) is 4.39 Å². The third-order valence-electron chi connectivity index (χ3n) is 9.76. The van der Waals surface area contributed by atoms with Gasteiger partial charge in [-0.1, -0.05) is 6.92 Å². The zero-order valence-corrected chi connectivity index (χ0v) is 20.3. The Bertz CT molecular complexity index is 983. The van der Waals surface area contributed by atoms with Crippen LogP contribution in [0.25, 0.3) is 0 Å². The van der Waals surface area contributed by atoms with Crippen molar-refractivity contribution in [1.82, 2.24) is 4.90 Å². The first-order valence-electron chi connectivity index (χ1n) is 13.2. The Morgan fingerprint density at radius 2 is 1.68 bits per heavy atom. The maximum absolute atomic E-state index is 15.4. The Kier molecular flexibility index (Phi) is 5.23. The number of benzene rings is 1. The molecule has 5 nitrogen and oxygen atoms in total. The van der Waals surface area contributed by atoms with Crippen LogP contribution in [-0.4, -0.2) is 40.6 Å². The second-order valence-electron chi connectivity index (χ2n) is 12.4. The Labute approximate surface area is 201 Å². The fraction of sp³-hybridized carbons (Fsp3) is 0.714. The summed E-state index contributed by atoms with van der Waals surface area (Å²) in [5.41, 5.74) is 1.13. The maximum Gasteiger partial charge on any atom is 0.326 e. The number of hydrogen-bond acceptors (Lipinski definition) is 3. The fourth-order valence-electron chi connectivity index (χ4n) is 8.18. The van der Waals surface area contributed by atoms with Gasteiger partial charge in [0.2, 0.25) is 0 Å². The highest BCUT2D eigenvalue weighted by atomic mass is 19.1. The van der Waals surface area contributed by atoms with Crippen molar-refractivity contribution in [2.24, 2.45) is 29.1 Å². The third-order valence-corrected chi connectivity index (χ3v) is 9.76. The molecule has 1 heterocycles. The highest BCUT2D eigenvalue weighted by Gasteiger charge is 2.51. The molecule has 1 N–H and O–H groups in total. The van der Waals surface area contributed by atoms with Gasteiger partial charge in [-0.25, -0.2) is 9.18 Å².